The highest BCUT2D eigenvalue weighted by atomic mass is 127. The minimum atomic E-state index is -4.83. The number of aliphatic hydroxyl groups is 1. The van der Waals surface area contributed by atoms with Crippen LogP contribution in [0.5, 0.6) is 0 Å². The van der Waals surface area contributed by atoms with E-state index < -0.39 is 33.2 Å². The van der Waals surface area contributed by atoms with Gasteiger partial charge in [-0.05, 0) is 44.9 Å². The van der Waals surface area contributed by atoms with Crippen molar-refractivity contribution in [1.82, 2.24) is 0 Å². The van der Waals surface area contributed by atoms with Crippen LogP contribution in [-0.2, 0) is 9.53 Å². The van der Waals surface area contributed by atoms with E-state index in [-0.39, 0.29) is 12.3 Å². The highest BCUT2D eigenvalue weighted by Gasteiger charge is 2.71. The van der Waals surface area contributed by atoms with Gasteiger partial charge < -0.3 is 9.84 Å². The molecule has 2 aliphatic rings. The van der Waals surface area contributed by atoms with Gasteiger partial charge >= 0.3 is 12.1 Å². The molecule has 0 amide bonds. The Bertz CT molecular complexity index is 424. The van der Waals surface area contributed by atoms with Crippen molar-refractivity contribution in [3.05, 3.63) is 0 Å². The van der Waals surface area contributed by atoms with E-state index in [4.69, 9.17) is 4.74 Å². The summed E-state index contributed by atoms with van der Waals surface area (Å²) in [7, 11) is 0. The van der Waals surface area contributed by atoms with Crippen LogP contribution in [0.2, 0.25) is 0 Å². The van der Waals surface area contributed by atoms with Crippen molar-refractivity contribution in [2.24, 2.45) is 11.8 Å². The molecule has 0 spiro atoms. The molecule has 0 heterocycles. The third kappa shape index (κ3) is 2.68. The largest absolute Gasteiger partial charge is 0.455 e. The van der Waals surface area contributed by atoms with E-state index in [1.807, 2.05) is 22.6 Å². The zero-order valence-corrected chi connectivity index (χ0v) is 14.2. The maximum Gasteiger partial charge on any atom is 0.420 e. The fraction of sp³-hybridized carbons (Fsp3) is 0.929. The molecular formula is C14H20F3IO3. The zero-order chi connectivity index (χ0) is 16.1. The van der Waals surface area contributed by atoms with Crippen molar-refractivity contribution in [2.75, 3.05) is 0 Å². The molecule has 0 aromatic heterocycles. The molecule has 1 N–H and O–H groups in total. The van der Waals surface area contributed by atoms with E-state index in [2.05, 4.69) is 0 Å². The zero-order valence-electron chi connectivity index (χ0n) is 12.0. The van der Waals surface area contributed by atoms with E-state index in [1.54, 1.807) is 6.92 Å². The Morgan fingerprint density at radius 2 is 2.10 bits per heavy atom. The van der Waals surface area contributed by atoms with Gasteiger partial charge in [0.2, 0.25) is 0 Å². The Hall–Kier alpha value is -0.0500. The Labute approximate surface area is 135 Å². The lowest BCUT2D eigenvalue weighted by atomic mass is 9.72. The average Bonchev–Trinajstić information content (AvgIpc) is 2.97. The van der Waals surface area contributed by atoms with Crippen LogP contribution in [0.1, 0.15) is 46.0 Å². The second-order valence-corrected chi connectivity index (χ2v) is 7.84. The molecule has 2 fully saturated rings. The lowest BCUT2D eigenvalue weighted by molar-refractivity contribution is -0.323. The van der Waals surface area contributed by atoms with E-state index in [9.17, 15) is 23.1 Å². The van der Waals surface area contributed by atoms with Crippen molar-refractivity contribution in [3.8, 4) is 0 Å². The molecule has 5 atom stereocenters. The molecule has 7 heteroatoms. The van der Waals surface area contributed by atoms with Gasteiger partial charge in [0.15, 0.2) is 11.2 Å². The van der Waals surface area contributed by atoms with Gasteiger partial charge in [0.1, 0.15) is 3.92 Å². The molecule has 0 aromatic carbocycles. The van der Waals surface area contributed by atoms with Crippen molar-refractivity contribution < 1.29 is 27.8 Å². The standard InChI is InChI=1S/C14H20F3IO3/c1-3-10(18)11(19)21-13(12(2,20)14(15,16)17)7-8-4-5-9(13)6-8/h8-10,20H,3-7H2,1-2H3. The van der Waals surface area contributed by atoms with Crippen LogP contribution in [0.3, 0.4) is 0 Å². The van der Waals surface area contributed by atoms with Gasteiger partial charge in [-0.1, -0.05) is 29.5 Å². The number of alkyl halides is 4. The van der Waals surface area contributed by atoms with Crippen LogP contribution < -0.4 is 0 Å². The highest BCUT2D eigenvalue weighted by Crippen LogP contribution is 2.60. The smallest absolute Gasteiger partial charge is 0.420 e. The first-order chi connectivity index (χ1) is 9.55. The van der Waals surface area contributed by atoms with Gasteiger partial charge in [0, 0.05) is 5.92 Å². The SMILES string of the molecule is CCC(I)C(=O)OC1(C(C)(O)C(F)(F)F)CC2CCC1C2. The van der Waals surface area contributed by atoms with E-state index in [0.29, 0.717) is 19.3 Å². The molecule has 0 aromatic rings. The monoisotopic (exact) mass is 420 g/mol. The minimum absolute atomic E-state index is 0.100. The lowest BCUT2D eigenvalue weighted by Gasteiger charge is -2.47. The number of carbonyl (C=O) groups is 1. The summed E-state index contributed by atoms with van der Waals surface area (Å²) in [5.41, 5.74) is -4.84. The van der Waals surface area contributed by atoms with Crippen molar-refractivity contribution in [2.45, 2.75) is 67.3 Å². The van der Waals surface area contributed by atoms with E-state index in [1.165, 1.54) is 0 Å². The molecule has 0 saturated heterocycles. The van der Waals surface area contributed by atoms with Crippen molar-refractivity contribution in [1.29, 1.82) is 0 Å². The van der Waals surface area contributed by atoms with Crippen LogP contribution in [0, 0.1) is 11.8 Å². The number of fused-ring (bicyclic) bond motifs is 2. The van der Waals surface area contributed by atoms with E-state index >= 15 is 0 Å². The molecule has 5 unspecified atom stereocenters. The predicted octanol–water partition coefficient (Wildman–Crippen LogP) is 3.62. The molecule has 2 saturated carbocycles. The number of hydrogen-bond donors (Lipinski definition) is 1. The fourth-order valence-electron chi connectivity index (χ4n) is 3.75. The summed E-state index contributed by atoms with van der Waals surface area (Å²) >= 11 is 1.87. The first kappa shape index (κ1) is 17.3. The predicted molar refractivity (Wildman–Crippen MR) is 79.0 cm³/mol. The lowest BCUT2D eigenvalue weighted by Crippen LogP contribution is -2.65. The number of halogens is 4. The quantitative estimate of drug-likeness (QED) is 0.430. The molecule has 2 bridgehead atoms. The topological polar surface area (TPSA) is 46.5 Å². The van der Waals surface area contributed by atoms with Crippen LogP contribution in [0.25, 0.3) is 0 Å². The number of esters is 1. The Balaban J connectivity index is 2.36. The summed E-state index contributed by atoms with van der Waals surface area (Å²) in [6.45, 7) is 2.52. The summed E-state index contributed by atoms with van der Waals surface area (Å²) < 4.78 is 44.9. The summed E-state index contributed by atoms with van der Waals surface area (Å²) in [6.07, 6.45) is -2.23. The van der Waals surface area contributed by atoms with Gasteiger partial charge in [0.05, 0.1) is 0 Å². The first-order valence-electron chi connectivity index (χ1n) is 7.21. The van der Waals surface area contributed by atoms with Crippen molar-refractivity contribution in [3.63, 3.8) is 0 Å². The molecule has 2 rings (SSSR count). The van der Waals surface area contributed by atoms with Crippen LogP contribution in [0.15, 0.2) is 0 Å². The van der Waals surface area contributed by atoms with Crippen LogP contribution in [-0.4, -0.2) is 32.4 Å². The summed E-state index contributed by atoms with van der Waals surface area (Å²) in [5, 5.41) is 10.2. The summed E-state index contributed by atoms with van der Waals surface area (Å²) in [4.78, 5) is 12.1. The molecular weight excluding hydrogens is 400 g/mol. The van der Waals surface area contributed by atoms with E-state index in [0.717, 1.165) is 13.3 Å². The number of ether oxygens (including phenoxy) is 1. The summed E-state index contributed by atoms with van der Waals surface area (Å²) in [5.74, 6) is -0.968. The van der Waals surface area contributed by atoms with Crippen LogP contribution in [0.4, 0.5) is 13.2 Å². The van der Waals surface area contributed by atoms with Crippen molar-refractivity contribution >= 4 is 28.6 Å². The summed E-state index contributed by atoms with van der Waals surface area (Å²) in [6, 6.07) is 0. The van der Waals surface area contributed by atoms with Crippen LogP contribution >= 0.6 is 22.6 Å². The second-order valence-electron chi connectivity index (χ2n) is 6.34. The molecule has 3 nitrogen and oxygen atoms in total. The third-order valence-corrected chi connectivity index (χ3v) is 6.45. The minimum Gasteiger partial charge on any atom is -0.455 e. The molecule has 21 heavy (non-hydrogen) atoms. The van der Waals surface area contributed by atoms with Gasteiger partial charge in [0.25, 0.3) is 0 Å². The average molecular weight is 420 g/mol. The maximum absolute atomic E-state index is 13.3. The number of rotatable bonds is 4. The fourth-order valence-corrected chi connectivity index (χ4v) is 3.88. The maximum atomic E-state index is 13.3. The Morgan fingerprint density at radius 1 is 1.48 bits per heavy atom. The number of hydrogen-bond acceptors (Lipinski definition) is 3. The van der Waals surface area contributed by atoms with Gasteiger partial charge in [-0.3, -0.25) is 4.79 Å². The first-order valence-corrected chi connectivity index (χ1v) is 8.45. The third-order valence-electron chi connectivity index (χ3n) is 5.07. The highest BCUT2D eigenvalue weighted by molar-refractivity contribution is 14.1. The van der Waals surface area contributed by atoms with Gasteiger partial charge in [-0.2, -0.15) is 13.2 Å². The normalized spacial score (nSPS) is 36.3. The second kappa shape index (κ2) is 5.54. The molecule has 0 aliphatic heterocycles. The van der Waals surface area contributed by atoms with Gasteiger partial charge in [-0.25, -0.2) is 0 Å². The Kier molecular flexibility index (Phi) is 4.57. The molecule has 0 radical (unpaired) electrons. The molecule has 2 aliphatic carbocycles. The Morgan fingerprint density at radius 3 is 2.48 bits per heavy atom. The molecule has 122 valence electrons. The van der Waals surface area contributed by atoms with Gasteiger partial charge in [-0.15, -0.1) is 0 Å². The number of carbonyl (C=O) groups excluding carboxylic acids is 1.